The molecule has 102 valence electrons. The van der Waals surface area contributed by atoms with Crippen molar-refractivity contribution in [2.45, 2.75) is 19.4 Å². The number of carboxylic acids is 1. The van der Waals surface area contributed by atoms with Crippen LogP contribution < -0.4 is 10.1 Å². The largest absolute Gasteiger partial charge is 0.489 e. The van der Waals surface area contributed by atoms with Gasteiger partial charge in [0.1, 0.15) is 12.4 Å². The number of carbonyl (C=O) groups is 1. The second kappa shape index (κ2) is 5.89. The van der Waals surface area contributed by atoms with Gasteiger partial charge >= 0.3 is 5.97 Å². The van der Waals surface area contributed by atoms with Crippen LogP contribution in [0.2, 0.25) is 0 Å². The zero-order chi connectivity index (χ0) is 13.8. The Morgan fingerprint density at radius 2 is 2.37 bits per heavy atom. The summed E-state index contributed by atoms with van der Waals surface area (Å²) in [7, 11) is 0. The minimum atomic E-state index is -0.732. The van der Waals surface area contributed by atoms with Gasteiger partial charge in [-0.05, 0) is 36.6 Å². The molecule has 2 N–H and O–H groups in total. The number of ether oxygens (including phenoxy) is 1. The molecule has 0 saturated carbocycles. The highest BCUT2D eigenvalue weighted by Crippen LogP contribution is 2.29. The zero-order valence-corrected chi connectivity index (χ0v) is 11.1. The highest BCUT2D eigenvalue weighted by Gasteiger charge is 2.30. The molecule has 0 amide bonds. The summed E-state index contributed by atoms with van der Waals surface area (Å²) in [6, 6.07) is 7.88. The molecule has 0 radical (unpaired) electrons. The Labute approximate surface area is 113 Å². The average molecular weight is 261 g/mol. The first-order valence-corrected chi connectivity index (χ1v) is 6.39. The molecule has 1 aliphatic rings. The maximum absolute atomic E-state index is 10.9. The van der Waals surface area contributed by atoms with Crippen molar-refractivity contribution in [2.75, 3.05) is 13.2 Å². The first kappa shape index (κ1) is 13.6. The highest BCUT2D eigenvalue weighted by atomic mass is 16.5. The molecule has 1 aromatic carbocycles. The third-order valence-electron chi connectivity index (χ3n) is 3.23. The molecule has 2 unspecified atom stereocenters. The van der Waals surface area contributed by atoms with Crippen molar-refractivity contribution in [2.24, 2.45) is 5.92 Å². The summed E-state index contributed by atoms with van der Waals surface area (Å²) in [6.45, 7) is 6.74. The quantitative estimate of drug-likeness (QED) is 0.799. The second-order valence-electron chi connectivity index (χ2n) is 5.05. The third kappa shape index (κ3) is 3.58. The number of rotatable bonds is 5. The van der Waals surface area contributed by atoms with Gasteiger partial charge in [0.2, 0.25) is 0 Å². The van der Waals surface area contributed by atoms with Crippen LogP contribution in [-0.4, -0.2) is 24.2 Å². The summed E-state index contributed by atoms with van der Waals surface area (Å²) in [6.07, 6.45) is 0.624. The molecule has 2 atom stereocenters. The van der Waals surface area contributed by atoms with E-state index in [1.165, 1.54) is 0 Å². The van der Waals surface area contributed by atoms with Crippen LogP contribution in [0.5, 0.6) is 5.75 Å². The lowest BCUT2D eigenvalue weighted by atomic mass is 10.00. The molecule has 2 rings (SSSR count). The van der Waals surface area contributed by atoms with Crippen LogP contribution in [0.1, 0.15) is 24.9 Å². The van der Waals surface area contributed by atoms with Crippen LogP contribution in [0.3, 0.4) is 0 Å². The predicted molar refractivity (Wildman–Crippen MR) is 73.2 cm³/mol. The van der Waals surface area contributed by atoms with Gasteiger partial charge in [0.15, 0.2) is 0 Å². The molecule has 4 nitrogen and oxygen atoms in total. The Kier molecular flexibility index (Phi) is 4.22. The van der Waals surface area contributed by atoms with Gasteiger partial charge in [-0.1, -0.05) is 18.7 Å². The van der Waals surface area contributed by atoms with E-state index < -0.39 is 5.97 Å². The number of hydrogen-bond acceptors (Lipinski definition) is 3. The van der Waals surface area contributed by atoms with E-state index in [1.807, 2.05) is 31.2 Å². The van der Waals surface area contributed by atoms with E-state index in [0.717, 1.165) is 16.9 Å². The molecule has 0 spiro atoms. The van der Waals surface area contributed by atoms with Crippen molar-refractivity contribution < 1.29 is 14.6 Å². The lowest BCUT2D eigenvalue weighted by Crippen LogP contribution is -2.17. The van der Waals surface area contributed by atoms with Crippen LogP contribution in [0.4, 0.5) is 0 Å². The number of hydrogen-bond donors (Lipinski definition) is 2. The van der Waals surface area contributed by atoms with E-state index in [-0.39, 0.29) is 12.0 Å². The first-order chi connectivity index (χ1) is 9.06. The lowest BCUT2D eigenvalue weighted by molar-refractivity contribution is -0.141. The monoisotopic (exact) mass is 261 g/mol. The van der Waals surface area contributed by atoms with Gasteiger partial charge < -0.3 is 15.2 Å². The van der Waals surface area contributed by atoms with Crippen molar-refractivity contribution in [3.63, 3.8) is 0 Å². The van der Waals surface area contributed by atoms with Crippen molar-refractivity contribution >= 4 is 5.97 Å². The number of benzene rings is 1. The van der Waals surface area contributed by atoms with Crippen LogP contribution in [0.15, 0.2) is 36.4 Å². The fraction of sp³-hybridized carbons (Fsp3) is 0.400. The summed E-state index contributed by atoms with van der Waals surface area (Å²) in [5, 5.41) is 12.2. The van der Waals surface area contributed by atoms with Crippen LogP contribution >= 0.6 is 0 Å². The van der Waals surface area contributed by atoms with Gasteiger partial charge in [-0.2, -0.15) is 0 Å². The molecule has 0 aliphatic carbocycles. The zero-order valence-electron chi connectivity index (χ0n) is 11.1. The van der Waals surface area contributed by atoms with Crippen molar-refractivity contribution in [3.8, 4) is 5.75 Å². The Balaban J connectivity index is 2.03. The van der Waals surface area contributed by atoms with Gasteiger partial charge in [-0.3, -0.25) is 4.79 Å². The second-order valence-corrected chi connectivity index (χ2v) is 5.05. The van der Waals surface area contributed by atoms with Crippen molar-refractivity contribution in [3.05, 3.63) is 42.0 Å². The number of nitrogens with one attached hydrogen (secondary N) is 1. The van der Waals surface area contributed by atoms with E-state index in [1.54, 1.807) is 0 Å². The summed E-state index contributed by atoms with van der Waals surface area (Å²) >= 11 is 0. The Hall–Kier alpha value is -1.81. The Morgan fingerprint density at radius 1 is 1.58 bits per heavy atom. The normalized spacial score (nSPS) is 22.2. The van der Waals surface area contributed by atoms with E-state index in [9.17, 15) is 4.79 Å². The van der Waals surface area contributed by atoms with Gasteiger partial charge in [-0.15, -0.1) is 0 Å². The molecule has 1 fully saturated rings. The fourth-order valence-electron chi connectivity index (χ4n) is 2.21. The van der Waals surface area contributed by atoms with Crippen LogP contribution in [0.25, 0.3) is 0 Å². The third-order valence-corrected chi connectivity index (χ3v) is 3.23. The molecule has 1 heterocycles. The summed E-state index contributed by atoms with van der Waals surface area (Å²) in [5.41, 5.74) is 2.04. The van der Waals surface area contributed by atoms with E-state index in [2.05, 4.69) is 11.9 Å². The van der Waals surface area contributed by atoms with Crippen molar-refractivity contribution in [1.82, 2.24) is 5.32 Å². The predicted octanol–water partition coefficient (Wildman–Crippen LogP) is 2.38. The standard InChI is InChI=1S/C15H19NO3/c1-10(2)9-19-13-5-3-4-11(6-13)14-7-12(8-16-14)15(17)18/h3-6,12,14,16H,1,7-9H2,2H3,(H,17,18). The summed E-state index contributed by atoms with van der Waals surface area (Å²) < 4.78 is 5.60. The van der Waals surface area contributed by atoms with Gasteiger partial charge in [-0.25, -0.2) is 0 Å². The number of aliphatic carboxylic acids is 1. The molecular weight excluding hydrogens is 242 g/mol. The fourth-order valence-corrected chi connectivity index (χ4v) is 2.21. The van der Waals surface area contributed by atoms with E-state index in [0.29, 0.717) is 19.6 Å². The van der Waals surface area contributed by atoms with E-state index in [4.69, 9.17) is 9.84 Å². The summed E-state index contributed by atoms with van der Waals surface area (Å²) in [4.78, 5) is 10.9. The Morgan fingerprint density at radius 3 is 3.00 bits per heavy atom. The van der Waals surface area contributed by atoms with Crippen LogP contribution in [-0.2, 0) is 4.79 Å². The van der Waals surface area contributed by atoms with Gasteiger partial charge in [0.05, 0.1) is 5.92 Å². The van der Waals surface area contributed by atoms with Crippen molar-refractivity contribution in [1.29, 1.82) is 0 Å². The molecule has 0 aromatic heterocycles. The Bertz CT molecular complexity index is 484. The first-order valence-electron chi connectivity index (χ1n) is 6.39. The number of carboxylic acid groups (broad SMARTS) is 1. The topological polar surface area (TPSA) is 58.6 Å². The molecule has 1 saturated heterocycles. The molecular formula is C15H19NO3. The molecule has 1 aromatic rings. The van der Waals surface area contributed by atoms with E-state index >= 15 is 0 Å². The average Bonchev–Trinajstić information content (AvgIpc) is 2.86. The smallest absolute Gasteiger partial charge is 0.307 e. The SMILES string of the molecule is C=C(C)COc1cccc(C2CC(C(=O)O)CN2)c1. The van der Waals surface area contributed by atoms with Crippen LogP contribution in [0, 0.1) is 5.92 Å². The molecule has 4 heteroatoms. The maximum Gasteiger partial charge on any atom is 0.307 e. The molecule has 1 aliphatic heterocycles. The highest BCUT2D eigenvalue weighted by molar-refractivity contribution is 5.70. The maximum atomic E-state index is 10.9. The molecule has 19 heavy (non-hydrogen) atoms. The lowest BCUT2D eigenvalue weighted by Gasteiger charge is -2.13. The molecule has 0 bridgehead atoms. The minimum Gasteiger partial charge on any atom is -0.489 e. The van der Waals surface area contributed by atoms with Gasteiger partial charge in [0.25, 0.3) is 0 Å². The minimum absolute atomic E-state index is 0.0921. The van der Waals surface area contributed by atoms with Gasteiger partial charge in [0, 0.05) is 12.6 Å². The summed E-state index contributed by atoms with van der Waals surface area (Å²) in [5.74, 6) is -0.240.